The molecule has 3 N–H and O–H groups in total. The van der Waals surface area contributed by atoms with Crippen LogP contribution < -0.4 is 16.3 Å². The zero-order chi connectivity index (χ0) is 28.9. The van der Waals surface area contributed by atoms with Crippen LogP contribution in [-0.2, 0) is 11.2 Å². The molecule has 0 radical (unpaired) electrons. The summed E-state index contributed by atoms with van der Waals surface area (Å²) in [5.74, 6) is -0.00311. The molecule has 6 rings (SSSR count). The predicted octanol–water partition coefficient (Wildman–Crippen LogP) is 6.09. The Morgan fingerprint density at radius 3 is 2.24 bits per heavy atom. The molecular weight excluding hydrogens is 524 g/mol. The molecule has 42 heavy (non-hydrogen) atoms. The zero-order valence-corrected chi connectivity index (χ0v) is 23.4. The summed E-state index contributed by atoms with van der Waals surface area (Å²) < 4.78 is 1.47. The molecule has 1 unspecified atom stereocenters. The fraction of sp³-hybridized carbons (Fsp3) is 0.229. The molecule has 5 aromatic rings. The maximum Gasteiger partial charge on any atom is 0.291 e. The lowest BCUT2D eigenvalue weighted by Gasteiger charge is -2.27. The van der Waals surface area contributed by atoms with E-state index in [1.54, 1.807) is 24.3 Å². The second-order valence-electron chi connectivity index (χ2n) is 10.9. The number of fused-ring (bicyclic) bond motifs is 1. The van der Waals surface area contributed by atoms with Crippen LogP contribution in [0.4, 0.5) is 0 Å². The molecule has 7 heteroatoms. The van der Waals surface area contributed by atoms with Gasteiger partial charge in [0.05, 0.1) is 11.0 Å². The minimum Gasteiger partial charge on any atom is -0.508 e. The van der Waals surface area contributed by atoms with Crippen molar-refractivity contribution in [1.29, 1.82) is 0 Å². The average Bonchev–Trinajstić information content (AvgIpc) is 3.03. The SMILES string of the molecule is O=C(NC1CCCCC1)C(Nn1c(=O)c(Cc2ccc(O)cc2)nc2ccccc21)c1ccc(-c2ccccc2)cc1. The van der Waals surface area contributed by atoms with Gasteiger partial charge in [-0.05, 0) is 59.4 Å². The number of carbonyl (C=O) groups excluding carboxylic acids is 1. The molecule has 0 aliphatic heterocycles. The number of phenolic OH excluding ortho intramolecular Hbond substituents is 1. The van der Waals surface area contributed by atoms with Gasteiger partial charge in [-0.15, -0.1) is 0 Å². The highest BCUT2D eigenvalue weighted by Gasteiger charge is 2.26. The average molecular weight is 559 g/mol. The molecule has 1 saturated carbocycles. The van der Waals surface area contributed by atoms with Crippen molar-refractivity contribution in [2.24, 2.45) is 0 Å². The molecule has 1 atom stereocenters. The first-order valence-electron chi connectivity index (χ1n) is 14.6. The van der Waals surface area contributed by atoms with E-state index < -0.39 is 6.04 Å². The van der Waals surface area contributed by atoms with Crippen LogP contribution in [0.2, 0.25) is 0 Å². The van der Waals surface area contributed by atoms with E-state index in [1.807, 2.05) is 66.7 Å². The second-order valence-corrected chi connectivity index (χ2v) is 10.9. The summed E-state index contributed by atoms with van der Waals surface area (Å²) in [6.45, 7) is 0. The van der Waals surface area contributed by atoms with Crippen molar-refractivity contribution in [3.8, 4) is 16.9 Å². The van der Waals surface area contributed by atoms with Gasteiger partial charge in [0.25, 0.3) is 5.56 Å². The number of nitrogens with one attached hydrogen (secondary N) is 2. The lowest BCUT2D eigenvalue weighted by molar-refractivity contribution is -0.123. The van der Waals surface area contributed by atoms with Gasteiger partial charge < -0.3 is 15.8 Å². The Balaban J connectivity index is 1.39. The summed E-state index contributed by atoms with van der Waals surface area (Å²) >= 11 is 0. The van der Waals surface area contributed by atoms with Crippen molar-refractivity contribution in [3.63, 3.8) is 0 Å². The van der Waals surface area contributed by atoms with Gasteiger partial charge in [0.1, 0.15) is 17.5 Å². The first kappa shape index (κ1) is 27.3. The van der Waals surface area contributed by atoms with Crippen LogP contribution in [-0.4, -0.2) is 26.7 Å². The summed E-state index contributed by atoms with van der Waals surface area (Å²) in [6, 6.07) is 31.5. The van der Waals surface area contributed by atoms with Crippen LogP contribution in [0, 0.1) is 0 Å². The highest BCUT2D eigenvalue weighted by molar-refractivity contribution is 5.85. The molecule has 1 fully saturated rings. The highest BCUT2D eigenvalue weighted by atomic mass is 16.3. The van der Waals surface area contributed by atoms with Gasteiger partial charge in [-0.25, -0.2) is 9.66 Å². The summed E-state index contributed by atoms with van der Waals surface area (Å²) in [5, 5.41) is 12.9. The number of benzene rings is 4. The van der Waals surface area contributed by atoms with E-state index in [1.165, 1.54) is 11.1 Å². The van der Waals surface area contributed by atoms with Crippen LogP contribution in [0.5, 0.6) is 5.75 Å². The standard InChI is InChI=1S/C35H34N4O3/c40-29-21-15-24(16-22-29)23-31-35(42)39(32-14-8-7-13-30(32)37-31)38-33(34(41)36-28-11-5-2-6-12-28)27-19-17-26(18-20-27)25-9-3-1-4-10-25/h1,3-4,7-10,13-22,28,33,38,40H,2,5-6,11-12,23H2,(H,36,41). The third kappa shape index (κ3) is 6.05. The van der Waals surface area contributed by atoms with Crippen molar-refractivity contribution in [1.82, 2.24) is 15.0 Å². The number of amides is 1. The van der Waals surface area contributed by atoms with E-state index >= 15 is 0 Å². The van der Waals surface area contributed by atoms with Crippen molar-refractivity contribution < 1.29 is 9.90 Å². The predicted molar refractivity (Wildman–Crippen MR) is 166 cm³/mol. The second kappa shape index (κ2) is 12.3. The van der Waals surface area contributed by atoms with Crippen molar-refractivity contribution in [2.75, 3.05) is 5.43 Å². The number of rotatable bonds is 8. The highest BCUT2D eigenvalue weighted by Crippen LogP contribution is 2.25. The molecule has 4 aromatic carbocycles. The van der Waals surface area contributed by atoms with E-state index in [9.17, 15) is 14.7 Å². The van der Waals surface area contributed by atoms with Gasteiger partial charge in [0.15, 0.2) is 0 Å². The Bertz CT molecular complexity index is 1730. The van der Waals surface area contributed by atoms with E-state index in [-0.39, 0.29) is 29.7 Å². The summed E-state index contributed by atoms with van der Waals surface area (Å²) in [5.41, 5.74) is 8.31. The van der Waals surface area contributed by atoms with Gasteiger partial charge in [-0.3, -0.25) is 9.59 Å². The molecule has 212 valence electrons. The Labute approximate surface area is 244 Å². The fourth-order valence-electron chi connectivity index (χ4n) is 5.67. The van der Waals surface area contributed by atoms with E-state index in [0.717, 1.165) is 47.9 Å². The third-order valence-electron chi connectivity index (χ3n) is 7.96. The largest absolute Gasteiger partial charge is 0.508 e. The van der Waals surface area contributed by atoms with Gasteiger partial charge in [-0.2, -0.15) is 0 Å². The molecule has 0 spiro atoms. The summed E-state index contributed by atoms with van der Waals surface area (Å²) in [6.07, 6.45) is 5.60. The Morgan fingerprint density at radius 1 is 0.833 bits per heavy atom. The molecular formula is C35H34N4O3. The maximum atomic E-state index is 13.9. The molecule has 1 aromatic heterocycles. The third-order valence-corrected chi connectivity index (χ3v) is 7.96. The van der Waals surface area contributed by atoms with Crippen LogP contribution in [0.25, 0.3) is 22.2 Å². The number of para-hydroxylation sites is 2. The van der Waals surface area contributed by atoms with Crippen LogP contribution >= 0.6 is 0 Å². The van der Waals surface area contributed by atoms with Gasteiger partial charge in [0.2, 0.25) is 5.91 Å². The van der Waals surface area contributed by atoms with Crippen molar-refractivity contribution >= 4 is 16.9 Å². The lowest BCUT2D eigenvalue weighted by Crippen LogP contribution is -2.45. The molecule has 7 nitrogen and oxygen atoms in total. The maximum absolute atomic E-state index is 13.9. The van der Waals surface area contributed by atoms with E-state index in [2.05, 4.69) is 27.9 Å². The Morgan fingerprint density at radius 2 is 1.50 bits per heavy atom. The monoisotopic (exact) mass is 558 g/mol. The zero-order valence-electron chi connectivity index (χ0n) is 23.4. The van der Waals surface area contributed by atoms with Gasteiger partial charge in [0, 0.05) is 12.5 Å². The van der Waals surface area contributed by atoms with Gasteiger partial charge in [-0.1, -0.05) is 98.1 Å². The molecule has 1 aliphatic rings. The molecule has 0 saturated heterocycles. The Kier molecular flexibility index (Phi) is 7.99. The van der Waals surface area contributed by atoms with E-state index in [4.69, 9.17) is 0 Å². The van der Waals surface area contributed by atoms with Crippen LogP contribution in [0.15, 0.2) is 108 Å². The minimum absolute atomic E-state index is 0.120. The minimum atomic E-state index is -0.804. The number of aromatic nitrogens is 2. The molecule has 0 bridgehead atoms. The van der Waals surface area contributed by atoms with Gasteiger partial charge >= 0.3 is 0 Å². The topological polar surface area (TPSA) is 96.2 Å². The summed E-state index contributed by atoms with van der Waals surface area (Å²) in [7, 11) is 0. The van der Waals surface area contributed by atoms with Crippen LogP contribution in [0.1, 0.15) is 55.0 Å². The van der Waals surface area contributed by atoms with Crippen LogP contribution in [0.3, 0.4) is 0 Å². The van der Waals surface area contributed by atoms with Crippen molar-refractivity contribution in [2.45, 2.75) is 50.6 Å². The fourth-order valence-corrected chi connectivity index (χ4v) is 5.67. The summed E-state index contributed by atoms with van der Waals surface area (Å²) in [4.78, 5) is 32.5. The van der Waals surface area contributed by atoms with Crippen molar-refractivity contribution in [3.05, 3.63) is 130 Å². The Hall–Kier alpha value is -4.91. The lowest BCUT2D eigenvalue weighted by atomic mass is 9.94. The number of nitrogens with zero attached hydrogens (tertiary/aromatic N) is 2. The normalized spacial score (nSPS) is 14.4. The smallest absolute Gasteiger partial charge is 0.291 e. The molecule has 1 heterocycles. The first-order valence-corrected chi connectivity index (χ1v) is 14.6. The molecule has 1 aliphatic carbocycles. The number of phenols is 1. The van der Waals surface area contributed by atoms with E-state index in [0.29, 0.717) is 16.7 Å². The quantitative estimate of drug-likeness (QED) is 0.214. The first-order chi connectivity index (χ1) is 20.5. The number of hydrogen-bond donors (Lipinski definition) is 3. The number of carbonyl (C=O) groups is 1. The molecule has 1 amide bonds. The number of hydrogen-bond acceptors (Lipinski definition) is 5. The number of aromatic hydroxyl groups is 1.